The fourth-order valence-electron chi connectivity index (χ4n) is 1.88. The summed E-state index contributed by atoms with van der Waals surface area (Å²) in [4.78, 5) is 0. The Labute approximate surface area is 111 Å². The predicted octanol–water partition coefficient (Wildman–Crippen LogP) is 4.29. The second-order valence-corrected chi connectivity index (χ2v) is 4.50. The van der Waals surface area contributed by atoms with Gasteiger partial charge >= 0.3 is 0 Å². The average Bonchev–Trinajstić information content (AvgIpc) is 2.88. The minimum absolute atomic E-state index is 0.0466. The third-order valence-corrected chi connectivity index (χ3v) is 2.95. The van der Waals surface area contributed by atoms with Gasteiger partial charge in [-0.05, 0) is 50.2 Å². The summed E-state index contributed by atoms with van der Waals surface area (Å²) in [6.45, 7) is 4.93. The lowest BCUT2D eigenvalue weighted by atomic mass is 10.1. The van der Waals surface area contributed by atoms with Crippen LogP contribution in [-0.2, 0) is 0 Å². The Kier molecular flexibility index (Phi) is 4.32. The van der Waals surface area contributed by atoms with Crippen molar-refractivity contribution < 1.29 is 13.2 Å². The van der Waals surface area contributed by atoms with Crippen LogP contribution in [0.3, 0.4) is 0 Å². The van der Waals surface area contributed by atoms with Crippen LogP contribution in [0.4, 0.5) is 8.78 Å². The summed E-state index contributed by atoms with van der Waals surface area (Å²) < 4.78 is 32.4. The number of nitrogens with one attached hydrogen (secondary N) is 1. The smallest absolute Gasteiger partial charge is 0.137 e. The van der Waals surface area contributed by atoms with Gasteiger partial charge in [-0.25, -0.2) is 8.78 Å². The zero-order valence-corrected chi connectivity index (χ0v) is 11.0. The third kappa shape index (κ3) is 3.20. The molecule has 0 radical (unpaired) electrons. The van der Waals surface area contributed by atoms with Crippen LogP contribution in [0.15, 0.2) is 34.7 Å². The molecule has 0 aliphatic rings. The monoisotopic (exact) mass is 265 g/mol. The van der Waals surface area contributed by atoms with Gasteiger partial charge in [-0.15, -0.1) is 0 Å². The average molecular weight is 265 g/mol. The number of rotatable bonds is 5. The van der Waals surface area contributed by atoms with Crippen LogP contribution < -0.4 is 5.32 Å². The molecule has 2 rings (SSSR count). The lowest BCUT2D eigenvalue weighted by molar-refractivity contribution is 0.437. The summed E-state index contributed by atoms with van der Waals surface area (Å²) in [6, 6.07) is 6.83. The fourth-order valence-corrected chi connectivity index (χ4v) is 1.88. The van der Waals surface area contributed by atoms with Gasteiger partial charge < -0.3 is 9.73 Å². The van der Waals surface area contributed by atoms with E-state index in [9.17, 15) is 8.78 Å². The Morgan fingerprint density at radius 3 is 2.74 bits per heavy atom. The SMILES string of the molecule is CCCNC(C)c1ccc(-c2cc(F)ccc2F)o1. The zero-order chi connectivity index (χ0) is 13.8. The molecule has 0 saturated carbocycles. The van der Waals surface area contributed by atoms with Gasteiger partial charge in [0, 0.05) is 0 Å². The molecule has 0 spiro atoms. The van der Waals surface area contributed by atoms with Crippen molar-refractivity contribution in [2.24, 2.45) is 0 Å². The van der Waals surface area contributed by atoms with Crippen LogP contribution in [0.25, 0.3) is 11.3 Å². The van der Waals surface area contributed by atoms with E-state index in [1.807, 2.05) is 6.92 Å². The molecule has 1 atom stereocenters. The van der Waals surface area contributed by atoms with Crippen molar-refractivity contribution in [3.63, 3.8) is 0 Å². The van der Waals surface area contributed by atoms with Gasteiger partial charge in [-0.3, -0.25) is 0 Å². The van der Waals surface area contributed by atoms with E-state index in [4.69, 9.17) is 4.42 Å². The highest BCUT2D eigenvalue weighted by atomic mass is 19.1. The van der Waals surface area contributed by atoms with E-state index in [0.717, 1.165) is 31.2 Å². The highest BCUT2D eigenvalue weighted by Gasteiger charge is 2.14. The summed E-state index contributed by atoms with van der Waals surface area (Å²) in [6.07, 6.45) is 1.02. The molecule has 1 aromatic heterocycles. The normalized spacial score (nSPS) is 12.6. The van der Waals surface area contributed by atoms with Gasteiger partial charge in [0.2, 0.25) is 0 Å². The van der Waals surface area contributed by atoms with Crippen molar-refractivity contribution in [3.05, 3.63) is 47.7 Å². The van der Waals surface area contributed by atoms with Gasteiger partial charge in [0.15, 0.2) is 0 Å². The second-order valence-electron chi connectivity index (χ2n) is 4.50. The highest BCUT2D eigenvalue weighted by Crippen LogP contribution is 2.28. The van der Waals surface area contributed by atoms with E-state index in [1.165, 1.54) is 0 Å². The molecule has 0 fully saturated rings. The van der Waals surface area contributed by atoms with Crippen molar-refractivity contribution in [3.8, 4) is 11.3 Å². The number of furan rings is 1. The molecule has 0 aliphatic heterocycles. The molecule has 1 N–H and O–H groups in total. The third-order valence-electron chi connectivity index (χ3n) is 2.95. The van der Waals surface area contributed by atoms with Crippen molar-refractivity contribution in [2.75, 3.05) is 6.54 Å². The van der Waals surface area contributed by atoms with E-state index in [2.05, 4.69) is 12.2 Å². The molecule has 0 saturated heterocycles. The maximum Gasteiger partial charge on any atom is 0.137 e. The molecular formula is C15H17F2NO. The largest absolute Gasteiger partial charge is 0.459 e. The number of hydrogen-bond donors (Lipinski definition) is 1. The number of hydrogen-bond acceptors (Lipinski definition) is 2. The number of benzene rings is 1. The molecule has 4 heteroatoms. The van der Waals surface area contributed by atoms with Crippen molar-refractivity contribution in [1.82, 2.24) is 5.32 Å². The van der Waals surface area contributed by atoms with Crippen molar-refractivity contribution in [1.29, 1.82) is 0 Å². The highest BCUT2D eigenvalue weighted by molar-refractivity contribution is 5.58. The van der Waals surface area contributed by atoms with Crippen molar-refractivity contribution >= 4 is 0 Å². The Hall–Kier alpha value is -1.68. The zero-order valence-electron chi connectivity index (χ0n) is 11.0. The van der Waals surface area contributed by atoms with Crippen LogP contribution >= 0.6 is 0 Å². The first-order chi connectivity index (χ1) is 9.11. The molecule has 2 aromatic rings. The molecule has 0 amide bonds. The summed E-state index contributed by atoms with van der Waals surface area (Å²) in [5, 5.41) is 3.28. The molecule has 0 bridgehead atoms. The van der Waals surface area contributed by atoms with E-state index in [0.29, 0.717) is 11.5 Å². The quantitative estimate of drug-likeness (QED) is 0.872. The van der Waals surface area contributed by atoms with E-state index >= 15 is 0 Å². The van der Waals surface area contributed by atoms with Crippen LogP contribution in [0.1, 0.15) is 32.1 Å². The second kappa shape index (κ2) is 5.97. The van der Waals surface area contributed by atoms with Crippen LogP contribution in [0.5, 0.6) is 0 Å². The number of halogens is 2. The Morgan fingerprint density at radius 1 is 1.21 bits per heavy atom. The Bertz CT molecular complexity index is 551. The predicted molar refractivity (Wildman–Crippen MR) is 70.8 cm³/mol. The van der Waals surface area contributed by atoms with Gasteiger partial charge in [0.05, 0.1) is 11.6 Å². The summed E-state index contributed by atoms with van der Waals surface area (Å²) in [7, 11) is 0. The lowest BCUT2D eigenvalue weighted by Gasteiger charge is -2.09. The van der Waals surface area contributed by atoms with E-state index in [-0.39, 0.29) is 11.6 Å². The summed E-state index contributed by atoms with van der Waals surface area (Å²) in [5.41, 5.74) is 0.147. The molecule has 102 valence electrons. The minimum atomic E-state index is -0.489. The molecule has 1 heterocycles. The van der Waals surface area contributed by atoms with Gasteiger partial charge in [0.25, 0.3) is 0 Å². The Balaban J connectivity index is 2.23. The first kappa shape index (κ1) is 13.7. The standard InChI is InChI=1S/C15H17F2NO/c1-3-8-18-10(2)14-6-7-15(19-14)12-9-11(16)4-5-13(12)17/h4-7,9-10,18H,3,8H2,1-2H3. The molecule has 1 aromatic carbocycles. The molecule has 1 unspecified atom stereocenters. The maximum absolute atomic E-state index is 13.6. The molecule has 19 heavy (non-hydrogen) atoms. The molecule has 0 aliphatic carbocycles. The fraction of sp³-hybridized carbons (Fsp3) is 0.333. The van der Waals surface area contributed by atoms with Crippen molar-refractivity contribution in [2.45, 2.75) is 26.3 Å². The first-order valence-corrected chi connectivity index (χ1v) is 6.40. The van der Waals surface area contributed by atoms with Gasteiger partial charge in [-0.1, -0.05) is 6.92 Å². The van der Waals surface area contributed by atoms with Crippen LogP contribution in [-0.4, -0.2) is 6.54 Å². The minimum Gasteiger partial charge on any atom is -0.459 e. The van der Waals surface area contributed by atoms with E-state index in [1.54, 1.807) is 12.1 Å². The summed E-state index contributed by atoms with van der Waals surface area (Å²) >= 11 is 0. The lowest BCUT2D eigenvalue weighted by Crippen LogP contribution is -2.18. The van der Waals surface area contributed by atoms with Crippen LogP contribution in [0.2, 0.25) is 0 Å². The van der Waals surface area contributed by atoms with Crippen LogP contribution in [0, 0.1) is 11.6 Å². The molecule has 2 nitrogen and oxygen atoms in total. The van der Waals surface area contributed by atoms with E-state index < -0.39 is 11.6 Å². The van der Waals surface area contributed by atoms with Gasteiger partial charge in [-0.2, -0.15) is 0 Å². The maximum atomic E-state index is 13.6. The van der Waals surface area contributed by atoms with Gasteiger partial charge in [0.1, 0.15) is 23.2 Å². The molecular weight excluding hydrogens is 248 g/mol. The first-order valence-electron chi connectivity index (χ1n) is 6.40. The Morgan fingerprint density at radius 2 is 2.00 bits per heavy atom. The topological polar surface area (TPSA) is 25.2 Å². The summed E-state index contributed by atoms with van der Waals surface area (Å²) in [5.74, 6) is 0.0900.